The molecule has 18 heavy (non-hydrogen) atoms. The van der Waals surface area contributed by atoms with E-state index >= 15 is 0 Å². The van der Waals surface area contributed by atoms with Gasteiger partial charge in [0.25, 0.3) is 0 Å². The maximum absolute atomic E-state index is 13.1. The Morgan fingerprint density at radius 1 is 1.22 bits per heavy atom. The number of nitrogens with zero attached hydrogens (tertiary/aromatic N) is 2. The first kappa shape index (κ1) is 12.6. The van der Waals surface area contributed by atoms with Crippen molar-refractivity contribution in [1.82, 2.24) is 9.55 Å². The molecule has 1 N–H and O–H groups in total. The fourth-order valence-electron chi connectivity index (χ4n) is 1.47. The van der Waals surface area contributed by atoms with Gasteiger partial charge in [-0.05, 0) is 18.2 Å². The lowest BCUT2D eigenvalue weighted by atomic mass is 10.2. The van der Waals surface area contributed by atoms with Gasteiger partial charge in [0.2, 0.25) is 0 Å². The molecule has 0 aliphatic heterocycles. The number of aliphatic hydroxyl groups excluding tert-OH is 1. The summed E-state index contributed by atoms with van der Waals surface area (Å²) in [6.07, 6.45) is -2.08. The molecule has 0 bridgehead atoms. The number of rotatable bonds is 2. The second-order valence-corrected chi connectivity index (χ2v) is 3.63. The van der Waals surface area contributed by atoms with Crippen molar-refractivity contribution in [2.45, 2.75) is 12.8 Å². The van der Waals surface area contributed by atoms with Crippen LogP contribution >= 0.6 is 0 Å². The van der Waals surface area contributed by atoms with Crippen molar-refractivity contribution in [2.75, 3.05) is 0 Å². The van der Waals surface area contributed by atoms with E-state index in [1.54, 1.807) is 0 Å². The predicted octanol–water partition coefficient (Wildman–Crippen LogP) is 2.52. The highest BCUT2D eigenvalue weighted by Gasteiger charge is 2.31. The highest BCUT2D eigenvalue weighted by atomic mass is 19.4. The lowest BCUT2D eigenvalue weighted by Gasteiger charge is -2.09. The molecular formula is C11H8F4N2O. The van der Waals surface area contributed by atoms with E-state index < -0.39 is 17.6 Å². The molecule has 0 amide bonds. The Labute approximate surface area is 99.3 Å². The molecule has 96 valence electrons. The van der Waals surface area contributed by atoms with E-state index in [9.17, 15) is 17.6 Å². The van der Waals surface area contributed by atoms with Crippen LogP contribution in [0.3, 0.4) is 0 Å². The standard InChI is InChI=1S/C11H8F4N2O/c12-8-1-7(11(13,14)15)2-10(3-8)17-4-9(5-18)16-6-17/h1-4,6,18H,5H2. The van der Waals surface area contributed by atoms with Crippen molar-refractivity contribution < 1.29 is 22.7 Å². The van der Waals surface area contributed by atoms with E-state index in [1.807, 2.05) is 0 Å². The molecule has 1 aromatic carbocycles. The van der Waals surface area contributed by atoms with E-state index in [0.717, 1.165) is 12.1 Å². The molecule has 0 unspecified atom stereocenters. The molecule has 0 aliphatic carbocycles. The molecule has 0 spiro atoms. The van der Waals surface area contributed by atoms with Crippen molar-refractivity contribution in [3.05, 3.63) is 47.8 Å². The molecule has 2 rings (SSSR count). The largest absolute Gasteiger partial charge is 0.416 e. The van der Waals surface area contributed by atoms with Crippen molar-refractivity contribution in [2.24, 2.45) is 0 Å². The van der Waals surface area contributed by atoms with Crippen molar-refractivity contribution in [3.63, 3.8) is 0 Å². The number of alkyl halides is 3. The summed E-state index contributed by atoms with van der Waals surface area (Å²) in [6.45, 7) is -0.339. The third-order valence-electron chi connectivity index (χ3n) is 2.31. The average molecular weight is 260 g/mol. The van der Waals surface area contributed by atoms with Crippen molar-refractivity contribution in [3.8, 4) is 5.69 Å². The Morgan fingerprint density at radius 2 is 1.94 bits per heavy atom. The molecule has 2 aromatic rings. The SMILES string of the molecule is OCc1cn(-c2cc(F)cc(C(F)(F)F)c2)cn1. The zero-order valence-corrected chi connectivity index (χ0v) is 8.95. The van der Waals surface area contributed by atoms with Crippen LogP contribution in [0.2, 0.25) is 0 Å². The van der Waals surface area contributed by atoms with Gasteiger partial charge in [0, 0.05) is 11.9 Å². The van der Waals surface area contributed by atoms with Crippen molar-refractivity contribution in [1.29, 1.82) is 0 Å². The van der Waals surface area contributed by atoms with Crippen LogP contribution in [0.1, 0.15) is 11.3 Å². The number of benzene rings is 1. The van der Waals surface area contributed by atoms with Gasteiger partial charge < -0.3 is 9.67 Å². The van der Waals surface area contributed by atoms with Crippen LogP contribution in [0, 0.1) is 5.82 Å². The topological polar surface area (TPSA) is 38.0 Å². The Hall–Kier alpha value is -1.89. The Morgan fingerprint density at radius 3 is 2.50 bits per heavy atom. The van der Waals surface area contributed by atoms with E-state index in [4.69, 9.17) is 5.11 Å². The predicted molar refractivity (Wildman–Crippen MR) is 54.4 cm³/mol. The Bertz CT molecular complexity index is 562. The maximum atomic E-state index is 13.1. The number of aromatic nitrogens is 2. The van der Waals surface area contributed by atoms with Gasteiger partial charge in [-0.2, -0.15) is 13.2 Å². The van der Waals surface area contributed by atoms with Gasteiger partial charge in [-0.1, -0.05) is 0 Å². The van der Waals surface area contributed by atoms with Gasteiger partial charge >= 0.3 is 6.18 Å². The zero-order valence-electron chi connectivity index (χ0n) is 8.95. The van der Waals surface area contributed by atoms with Gasteiger partial charge in [0.1, 0.15) is 5.82 Å². The van der Waals surface area contributed by atoms with Gasteiger partial charge in [-0.3, -0.25) is 0 Å². The number of hydrogen-bond donors (Lipinski definition) is 1. The number of aliphatic hydroxyl groups is 1. The lowest BCUT2D eigenvalue weighted by molar-refractivity contribution is -0.137. The summed E-state index contributed by atoms with van der Waals surface area (Å²) in [5.41, 5.74) is -0.793. The monoisotopic (exact) mass is 260 g/mol. The first-order valence-corrected chi connectivity index (χ1v) is 4.92. The number of imidazole rings is 1. The molecular weight excluding hydrogens is 252 g/mol. The first-order valence-electron chi connectivity index (χ1n) is 4.92. The smallest absolute Gasteiger partial charge is 0.390 e. The summed E-state index contributed by atoms with van der Waals surface area (Å²) in [6, 6.07) is 2.19. The van der Waals surface area contributed by atoms with Crippen LogP contribution in [0.4, 0.5) is 17.6 Å². The fourth-order valence-corrected chi connectivity index (χ4v) is 1.47. The lowest BCUT2D eigenvalue weighted by Crippen LogP contribution is -2.06. The highest BCUT2D eigenvalue weighted by Crippen LogP contribution is 2.31. The molecule has 7 heteroatoms. The molecule has 3 nitrogen and oxygen atoms in total. The van der Waals surface area contributed by atoms with E-state index in [1.165, 1.54) is 17.1 Å². The molecule has 0 radical (unpaired) electrons. The van der Waals surface area contributed by atoms with Gasteiger partial charge in [0.05, 0.1) is 24.2 Å². The Kier molecular flexibility index (Phi) is 3.08. The Balaban J connectivity index is 2.48. The molecule has 0 atom stereocenters. The summed E-state index contributed by atoms with van der Waals surface area (Å²) >= 11 is 0. The maximum Gasteiger partial charge on any atom is 0.416 e. The first-order chi connectivity index (χ1) is 8.40. The van der Waals surface area contributed by atoms with Crippen LogP contribution in [-0.2, 0) is 12.8 Å². The minimum Gasteiger partial charge on any atom is -0.390 e. The third kappa shape index (κ3) is 2.51. The van der Waals surface area contributed by atoms with Crippen LogP contribution in [0.15, 0.2) is 30.7 Å². The summed E-state index contributed by atoms with van der Waals surface area (Å²) < 4.78 is 51.9. The molecule has 0 fully saturated rings. The van der Waals surface area contributed by atoms with E-state index in [-0.39, 0.29) is 18.0 Å². The fraction of sp³-hybridized carbons (Fsp3) is 0.182. The summed E-state index contributed by atoms with van der Waals surface area (Å²) in [5.74, 6) is -0.987. The minimum atomic E-state index is -4.61. The van der Waals surface area contributed by atoms with E-state index in [0.29, 0.717) is 6.07 Å². The molecule has 0 saturated heterocycles. The van der Waals surface area contributed by atoms with E-state index in [2.05, 4.69) is 4.98 Å². The minimum absolute atomic E-state index is 0.00507. The van der Waals surface area contributed by atoms with Crippen LogP contribution in [0.5, 0.6) is 0 Å². The number of hydrogen-bond acceptors (Lipinski definition) is 2. The average Bonchev–Trinajstić information content (AvgIpc) is 2.75. The second kappa shape index (κ2) is 4.41. The molecule has 0 aliphatic rings. The molecule has 1 heterocycles. The van der Waals surface area contributed by atoms with Gasteiger partial charge in [-0.15, -0.1) is 0 Å². The highest BCUT2D eigenvalue weighted by molar-refractivity contribution is 5.38. The van der Waals surface area contributed by atoms with Crippen LogP contribution < -0.4 is 0 Å². The second-order valence-electron chi connectivity index (χ2n) is 3.63. The number of halogens is 4. The quantitative estimate of drug-likeness (QED) is 0.842. The zero-order chi connectivity index (χ0) is 13.3. The van der Waals surface area contributed by atoms with Crippen molar-refractivity contribution >= 4 is 0 Å². The molecule has 1 aromatic heterocycles. The summed E-state index contributed by atoms with van der Waals surface area (Å²) in [4.78, 5) is 3.74. The van der Waals surface area contributed by atoms with Gasteiger partial charge in [0.15, 0.2) is 0 Å². The van der Waals surface area contributed by atoms with Crippen LogP contribution in [-0.4, -0.2) is 14.7 Å². The third-order valence-corrected chi connectivity index (χ3v) is 2.31. The summed E-state index contributed by atoms with van der Waals surface area (Å²) in [7, 11) is 0. The van der Waals surface area contributed by atoms with Gasteiger partial charge in [-0.25, -0.2) is 9.37 Å². The normalized spacial score (nSPS) is 11.8. The van der Waals surface area contributed by atoms with Crippen LogP contribution in [0.25, 0.3) is 5.69 Å². The summed E-state index contributed by atoms with van der Waals surface area (Å²) in [5, 5.41) is 8.81. The molecule has 0 saturated carbocycles.